The van der Waals surface area contributed by atoms with Crippen molar-refractivity contribution >= 4 is 11.8 Å². The van der Waals surface area contributed by atoms with Gasteiger partial charge in [0.15, 0.2) is 6.29 Å². The van der Waals surface area contributed by atoms with E-state index in [-0.39, 0.29) is 0 Å². The van der Waals surface area contributed by atoms with E-state index in [2.05, 4.69) is 4.98 Å². The molecule has 3 nitrogen and oxygen atoms in total. The summed E-state index contributed by atoms with van der Waals surface area (Å²) in [6.45, 7) is 4.06. The number of imidazole rings is 1. The Morgan fingerprint density at radius 1 is 1.50 bits per heavy atom. The number of hydrogen-bond donors (Lipinski definition) is 0. The highest BCUT2D eigenvalue weighted by atomic mass is 16.1. The summed E-state index contributed by atoms with van der Waals surface area (Å²) in [6.07, 6.45) is 3.65. The van der Waals surface area contributed by atoms with E-state index in [4.69, 9.17) is 0 Å². The summed E-state index contributed by atoms with van der Waals surface area (Å²) in [6, 6.07) is 3.93. The van der Waals surface area contributed by atoms with Crippen LogP contribution in [-0.2, 0) is 6.42 Å². The maximum atomic E-state index is 10.8. The lowest BCUT2D eigenvalue weighted by molar-refractivity contribution is 0.112. The van der Waals surface area contributed by atoms with Gasteiger partial charge in [0, 0.05) is 12.6 Å². The number of carbonyl (C=O) groups is 1. The Morgan fingerprint density at radius 2 is 2.29 bits per heavy atom. The molecular weight excluding hydrogens is 176 g/mol. The normalized spacial score (nSPS) is 10.7. The SMILES string of the molecule is CCc1nc(C=O)c2ccc(C)cn12. The minimum Gasteiger partial charge on any atom is -0.303 e. The van der Waals surface area contributed by atoms with Crippen molar-refractivity contribution < 1.29 is 4.79 Å². The van der Waals surface area contributed by atoms with Crippen molar-refractivity contribution in [1.29, 1.82) is 0 Å². The van der Waals surface area contributed by atoms with E-state index in [1.165, 1.54) is 5.56 Å². The van der Waals surface area contributed by atoms with Gasteiger partial charge in [-0.1, -0.05) is 13.0 Å². The van der Waals surface area contributed by atoms with Gasteiger partial charge in [0.1, 0.15) is 11.5 Å². The number of aromatic nitrogens is 2. The lowest BCUT2D eigenvalue weighted by Crippen LogP contribution is -1.92. The first kappa shape index (κ1) is 8.94. The van der Waals surface area contributed by atoms with Gasteiger partial charge in [0.05, 0.1) is 5.52 Å². The van der Waals surface area contributed by atoms with E-state index in [1.54, 1.807) is 0 Å². The van der Waals surface area contributed by atoms with Crippen molar-refractivity contribution in [3.8, 4) is 0 Å². The van der Waals surface area contributed by atoms with Crippen molar-refractivity contribution in [2.24, 2.45) is 0 Å². The second-order valence-electron chi connectivity index (χ2n) is 3.35. The summed E-state index contributed by atoms with van der Waals surface area (Å²) in [5.74, 6) is 0.936. The first-order valence-electron chi connectivity index (χ1n) is 4.69. The van der Waals surface area contributed by atoms with Gasteiger partial charge in [-0.05, 0) is 18.6 Å². The Kier molecular flexibility index (Phi) is 2.08. The van der Waals surface area contributed by atoms with E-state index >= 15 is 0 Å². The zero-order valence-corrected chi connectivity index (χ0v) is 8.32. The number of pyridine rings is 1. The van der Waals surface area contributed by atoms with Crippen molar-refractivity contribution in [1.82, 2.24) is 9.38 Å². The zero-order chi connectivity index (χ0) is 10.1. The molecule has 0 saturated carbocycles. The summed E-state index contributed by atoms with van der Waals surface area (Å²) >= 11 is 0. The largest absolute Gasteiger partial charge is 0.303 e. The average molecular weight is 188 g/mol. The number of aldehydes is 1. The molecule has 3 heteroatoms. The minimum absolute atomic E-state index is 0.529. The van der Waals surface area contributed by atoms with E-state index in [0.29, 0.717) is 5.69 Å². The smallest absolute Gasteiger partial charge is 0.170 e. The topological polar surface area (TPSA) is 34.4 Å². The van der Waals surface area contributed by atoms with Gasteiger partial charge in [-0.15, -0.1) is 0 Å². The average Bonchev–Trinajstić information content (AvgIpc) is 2.55. The molecule has 2 rings (SSSR count). The molecule has 0 radical (unpaired) electrons. The van der Waals surface area contributed by atoms with Crippen LogP contribution in [0.15, 0.2) is 18.3 Å². The van der Waals surface area contributed by atoms with Crippen LogP contribution in [0.4, 0.5) is 0 Å². The van der Waals surface area contributed by atoms with E-state index in [0.717, 1.165) is 24.0 Å². The van der Waals surface area contributed by atoms with Gasteiger partial charge < -0.3 is 4.40 Å². The van der Waals surface area contributed by atoms with E-state index in [1.807, 2.05) is 36.6 Å². The highest BCUT2D eigenvalue weighted by Crippen LogP contribution is 2.13. The first-order valence-corrected chi connectivity index (χ1v) is 4.69. The second kappa shape index (κ2) is 3.25. The molecule has 0 aliphatic rings. The molecule has 14 heavy (non-hydrogen) atoms. The predicted octanol–water partition coefficient (Wildman–Crippen LogP) is 2.02. The van der Waals surface area contributed by atoms with Gasteiger partial charge in [0.25, 0.3) is 0 Å². The summed E-state index contributed by atoms with van der Waals surface area (Å²) < 4.78 is 1.99. The van der Waals surface area contributed by atoms with Crippen LogP contribution in [0.25, 0.3) is 5.52 Å². The number of aryl methyl sites for hydroxylation is 2. The lowest BCUT2D eigenvalue weighted by atomic mass is 10.3. The minimum atomic E-state index is 0.529. The molecule has 2 heterocycles. The molecular formula is C11H12N2O. The Balaban J connectivity index is 2.82. The van der Waals surface area contributed by atoms with Gasteiger partial charge in [-0.3, -0.25) is 4.79 Å². The van der Waals surface area contributed by atoms with Crippen LogP contribution in [0, 0.1) is 6.92 Å². The van der Waals surface area contributed by atoms with Crippen LogP contribution in [0.1, 0.15) is 28.8 Å². The second-order valence-corrected chi connectivity index (χ2v) is 3.35. The molecule has 0 bridgehead atoms. The number of carbonyl (C=O) groups excluding carboxylic acids is 1. The van der Waals surface area contributed by atoms with Crippen LogP contribution in [0.3, 0.4) is 0 Å². The quantitative estimate of drug-likeness (QED) is 0.676. The third-order valence-electron chi connectivity index (χ3n) is 2.31. The third-order valence-corrected chi connectivity index (χ3v) is 2.31. The summed E-state index contributed by atoms with van der Waals surface area (Å²) in [5, 5.41) is 0. The van der Waals surface area contributed by atoms with Crippen LogP contribution in [0.2, 0.25) is 0 Å². The molecule has 0 fully saturated rings. The fourth-order valence-electron chi connectivity index (χ4n) is 1.62. The van der Waals surface area contributed by atoms with Gasteiger partial charge in [-0.25, -0.2) is 4.98 Å². The van der Waals surface area contributed by atoms with Crippen LogP contribution >= 0.6 is 0 Å². The molecule has 0 atom stereocenters. The molecule has 0 amide bonds. The van der Waals surface area contributed by atoms with Crippen molar-refractivity contribution in [3.63, 3.8) is 0 Å². The Morgan fingerprint density at radius 3 is 2.93 bits per heavy atom. The number of fused-ring (bicyclic) bond motifs is 1. The van der Waals surface area contributed by atoms with Crippen molar-refractivity contribution in [2.45, 2.75) is 20.3 Å². The standard InChI is InChI=1S/C11H12N2O/c1-3-11-12-9(7-14)10-5-4-8(2)6-13(10)11/h4-7H,3H2,1-2H3. The molecule has 0 N–H and O–H groups in total. The molecule has 0 aromatic carbocycles. The molecule has 0 saturated heterocycles. The van der Waals surface area contributed by atoms with Gasteiger partial charge >= 0.3 is 0 Å². The predicted molar refractivity (Wildman–Crippen MR) is 54.7 cm³/mol. The monoisotopic (exact) mass is 188 g/mol. The van der Waals surface area contributed by atoms with Crippen molar-refractivity contribution in [2.75, 3.05) is 0 Å². The summed E-state index contributed by atoms with van der Waals surface area (Å²) in [7, 11) is 0. The van der Waals surface area contributed by atoms with Gasteiger partial charge in [-0.2, -0.15) is 0 Å². The Labute approximate surface area is 82.4 Å². The highest BCUT2D eigenvalue weighted by Gasteiger charge is 2.07. The highest BCUT2D eigenvalue weighted by molar-refractivity contribution is 5.83. The molecule has 0 unspecified atom stereocenters. The molecule has 2 aromatic rings. The van der Waals surface area contributed by atoms with E-state index < -0.39 is 0 Å². The summed E-state index contributed by atoms with van der Waals surface area (Å²) in [5.41, 5.74) is 2.59. The van der Waals surface area contributed by atoms with Crippen molar-refractivity contribution in [3.05, 3.63) is 35.4 Å². The zero-order valence-electron chi connectivity index (χ0n) is 8.32. The maximum Gasteiger partial charge on any atom is 0.170 e. The molecule has 2 aromatic heterocycles. The summed E-state index contributed by atoms with van der Waals surface area (Å²) in [4.78, 5) is 15.0. The number of hydrogen-bond acceptors (Lipinski definition) is 2. The molecule has 0 aliphatic heterocycles. The first-order chi connectivity index (χ1) is 6.76. The Bertz CT molecular complexity index is 485. The molecule has 72 valence electrons. The number of rotatable bonds is 2. The van der Waals surface area contributed by atoms with Gasteiger partial charge in [0.2, 0.25) is 0 Å². The van der Waals surface area contributed by atoms with Crippen LogP contribution in [0.5, 0.6) is 0 Å². The fraction of sp³-hybridized carbons (Fsp3) is 0.273. The number of nitrogens with zero attached hydrogens (tertiary/aromatic N) is 2. The molecule has 0 aliphatic carbocycles. The fourth-order valence-corrected chi connectivity index (χ4v) is 1.62. The van der Waals surface area contributed by atoms with E-state index in [9.17, 15) is 4.79 Å². The Hall–Kier alpha value is -1.64. The third kappa shape index (κ3) is 1.21. The van der Waals surface area contributed by atoms with Crippen LogP contribution in [-0.4, -0.2) is 15.7 Å². The molecule has 0 spiro atoms. The van der Waals surface area contributed by atoms with Crippen LogP contribution < -0.4 is 0 Å². The lowest BCUT2D eigenvalue weighted by Gasteiger charge is -1.99. The maximum absolute atomic E-state index is 10.8.